The Balaban J connectivity index is 1.57. The Morgan fingerprint density at radius 1 is 1.11 bits per heavy atom. The monoisotopic (exact) mass is 368 g/mol. The molecule has 8 heteroatoms. The van der Waals surface area contributed by atoms with Gasteiger partial charge in [0.05, 0.1) is 17.4 Å². The molecule has 1 aromatic carbocycles. The molecule has 1 saturated carbocycles. The van der Waals surface area contributed by atoms with Gasteiger partial charge in [-0.25, -0.2) is 9.78 Å². The van der Waals surface area contributed by atoms with Gasteiger partial charge in [-0.1, -0.05) is 25.0 Å². The van der Waals surface area contributed by atoms with Crippen LogP contribution in [-0.4, -0.2) is 40.4 Å². The highest BCUT2D eigenvalue weighted by atomic mass is 16.5. The third-order valence-electron chi connectivity index (χ3n) is 4.24. The molecule has 0 bridgehead atoms. The summed E-state index contributed by atoms with van der Waals surface area (Å²) in [6, 6.07) is 6.90. The molecular formula is C19H20N4O4. The third-order valence-corrected chi connectivity index (χ3v) is 4.24. The van der Waals surface area contributed by atoms with Crippen molar-refractivity contribution in [1.82, 2.24) is 15.3 Å². The molecule has 0 unspecified atom stereocenters. The van der Waals surface area contributed by atoms with Gasteiger partial charge in [0.2, 0.25) is 0 Å². The molecule has 27 heavy (non-hydrogen) atoms. The first-order valence-electron chi connectivity index (χ1n) is 8.76. The minimum atomic E-state index is -0.745. The maximum Gasteiger partial charge on any atom is 0.359 e. The van der Waals surface area contributed by atoms with Crippen molar-refractivity contribution in [1.29, 1.82) is 0 Å². The van der Waals surface area contributed by atoms with Crippen molar-refractivity contribution in [2.24, 2.45) is 0 Å². The number of aromatic nitrogens is 2. The van der Waals surface area contributed by atoms with Gasteiger partial charge in [-0.05, 0) is 25.0 Å². The Morgan fingerprint density at radius 2 is 1.89 bits per heavy atom. The molecule has 1 aromatic heterocycles. The Kier molecular flexibility index (Phi) is 6.09. The normalized spacial score (nSPS) is 13.8. The molecule has 0 aliphatic heterocycles. The number of anilines is 1. The van der Waals surface area contributed by atoms with E-state index in [1.807, 2.05) is 0 Å². The number of ether oxygens (including phenoxy) is 1. The van der Waals surface area contributed by atoms with Crippen LogP contribution in [0.5, 0.6) is 0 Å². The maximum absolute atomic E-state index is 12.5. The Morgan fingerprint density at radius 3 is 2.63 bits per heavy atom. The summed E-state index contributed by atoms with van der Waals surface area (Å²) in [6.07, 6.45) is 8.20. The van der Waals surface area contributed by atoms with Gasteiger partial charge in [0.1, 0.15) is 0 Å². The molecule has 0 radical (unpaired) electrons. The van der Waals surface area contributed by atoms with Crippen LogP contribution < -0.4 is 10.6 Å². The fourth-order valence-electron chi connectivity index (χ4n) is 2.92. The summed E-state index contributed by atoms with van der Waals surface area (Å²) >= 11 is 0. The minimum absolute atomic E-state index is 0.0154. The molecule has 0 spiro atoms. The van der Waals surface area contributed by atoms with E-state index in [0.29, 0.717) is 11.3 Å². The number of amides is 2. The van der Waals surface area contributed by atoms with E-state index in [2.05, 4.69) is 20.6 Å². The third kappa shape index (κ3) is 5.10. The lowest BCUT2D eigenvalue weighted by atomic mass is 10.1. The number of hydrogen-bond donors (Lipinski definition) is 2. The highest BCUT2D eigenvalue weighted by Gasteiger charge is 2.20. The number of rotatable bonds is 6. The number of para-hydroxylation sites is 1. The van der Waals surface area contributed by atoms with Crippen LogP contribution in [0.25, 0.3) is 0 Å². The van der Waals surface area contributed by atoms with Crippen molar-refractivity contribution in [2.75, 3.05) is 11.9 Å². The zero-order valence-electron chi connectivity index (χ0n) is 14.7. The van der Waals surface area contributed by atoms with E-state index in [0.717, 1.165) is 25.7 Å². The van der Waals surface area contributed by atoms with Crippen LogP contribution >= 0.6 is 0 Å². The smallest absolute Gasteiger partial charge is 0.359 e. The summed E-state index contributed by atoms with van der Waals surface area (Å²) < 4.78 is 4.92. The van der Waals surface area contributed by atoms with E-state index in [1.165, 1.54) is 18.6 Å². The van der Waals surface area contributed by atoms with Gasteiger partial charge in [0.25, 0.3) is 11.8 Å². The van der Waals surface area contributed by atoms with E-state index >= 15 is 0 Å². The number of carbonyl (C=O) groups is 3. The fourth-order valence-corrected chi connectivity index (χ4v) is 2.92. The van der Waals surface area contributed by atoms with Gasteiger partial charge in [0, 0.05) is 18.4 Å². The molecule has 1 aliphatic carbocycles. The van der Waals surface area contributed by atoms with Crippen molar-refractivity contribution < 1.29 is 19.1 Å². The van der Waals surface area contributed by atoms with Crippen molar-refractivity contribution in [2.45, 2.75) is 31.7 Å². The van der Waals surface area contributed by atoms with Gasteiger partial charge in [-0.15, -0.1) is 0 Å². The molecule has 2 aromatic rings. The summed E-state index contributed by atoms with van der Waals surface area (Å²) in [7, 11) is 0. The van der Waals surface area contributed by atoms with Crippen LogP contribution in [0.2, 0.25) is 0 Å². The molecule has 2 N–H and O–H groups in total. The molecular weight excluding hydrogens is 348 g/mol. The van der Waals surface area contributed by atoms with Crippen LogP contribution in [0.15, 0.2) is 42.9 Å². The second-order valence-electron chi connectivity index (χ2n) is 6.22. The molecule has 3 rings (SSSR count). The van der Waals surface area contributed by atoms with Crippen LogP contribution in [-0.2, 0) is 9.53 Å². The predicted octanol–water partition coefficient (Wildman–Crippen LogP) is 1.94. The Bertz CT molecular complexity index is 819. The van der Waals surface area contributed by atoms with E-state index in [-0.39, 0.29) is 17.6 Å². The molecule has 0 atom stereocenters. The number of esters is 1. The molecule has 2 amide bonds. The quantitative estimate of drug-likeness (QED) is 0.754. The Labute approximate surface area is 156 Å². The summed E-state index contributed by atoms with van der Waals surface area (Å²) in [5.74, 6) is -1.52. The second-order valence-corrected chi connectivity index (χ2v) is 6.22. The van der Waals surface area contributed by atoms with Crippen LogP contribution in [0.4, 0.5) is 5.69 Å². The standard InChI is InChI=1S/C19H20N4O4/c24-17(12-27-19(26)16-11-20-9-10-21-16)23-15-8-4-3-7-14(15)18(25)22-13-5-1-2-6-13/h3-4,7-11,13H,1-2,5-6,12H2,(H,22,25)(H,23,24). The highest BCUT2D eigenvalue weighted by Crippen LogP contribution is 2.20. The van der Waals surface area contributed by atoms with Gasteiger partial charge in [-0.2, -0.15) is 0 Å². The maximum atomic E-state index is 12.5. The van der Waals surface area contributed by atoms with Crippen molar-refractivity contribution in [3.05, 3.63) is 54.1 Å². The number of nitrogens with one attached hydrogen (secondary N) is 2. The lowest BCUT2D eigenvalue weighted by Crippen LogP contribution is -2.33. The number of carbonyl (C=O) groups excluding carboxylic acids is 3. The molecule has 1 heterocycles. The molecule has 1 aliphatic rings. The van der Waals surface area contributed by atoms with Gasteiger partial charge in [0.15, 0.2) is 12.3 Å². The van der Waals surface area contributed by atoms with Crippen LogP contribution in [0, 0.1) is 0 Å². The first-order chi connectivity index (χ1) is 13.1. The number of benzene rings is 1. The molecule has 140 valence electrons. The highest BCUT2D eigenvalue weighted by molar-refractivity contribution is 6.04. The summed E-state index contributed by atoms with van der Waals surface area (Å²) in [6.45, 7) is -0.492. The van der Waals surface area contributed by atoms with Crippen molar-refractivity contribution in [3.8, 4) is 0 Å². The number of hydrogen-bond acceptors (Lipinski definition) is 6. The topological polar surface area (TPSA) is 110 Å². The predicted molar refractivity (Wildman–Crippen MR) is 97.1 cm³/mol. The minimum Gasteiger partial charge on any atom is -0.451 e. The number of nitrogens with zero attached hydrogens (tertiary/aromatic N) is 2. The lowest BCUT2D eigenvalue weighted by Gasteiger charge is -2.15. The molecule has 8 nitrogen and oxygen atoms in total. The van der Waals surface area contributed by atoms with E-state index in [9.17, 15) is 14.4 Å². The first-order valence-corrected chi connectivity index (χ1v) is 8.76. The zero-order chi connectivity index (χ0) is 19.1. The zero-order valence-corrected chi connectivity index (χ0v) is 14.7. The SMILES string of the molecule is O=C(COC(=O)c1cnccn1)Nc1ccccc1C(=O)NC1CCCC1. The first kappa shape index (κ1) is 18.5. The van der Waals surface area contributed by atoms with Crippen molar-refractivity contribution >= 4 is 23.5 Å². The lowest BCUT2D eigenvalue weighted by molar-refractivity contribution is -0.119. The molecule has 1 fully saturated rings. The van der Waals surface area contributed by atoms with Crippen LogP contribution in [0.1, 0.15) is 46.5 Å². The second kappa shape index (κ2) is 8.88. The Hall–Kier alpha value is -3.29. The average molecular weight is 368 g/mol. The fraction of sp³-hybridized carbons (Fsp3) is 0.316. The van der Waals surface area contributed by atoms with E-state index < -0.39 is 18.5 Å². The molecule has 0 saturated heterocycles. The average Bonchev–Trinajstić information content (AvgIpc) is 3.20. The summed E-state index contributed by atoms with van der Waals surface area (Å²) in [5.41, 5.74) is 0.758. The van der Waals surface area contributed by atoms with Crippen LogP contribution in [0.3, 0.4) is 0 Å². The van der Waals surface area contributed by atoms with E-state index in [1.54, 1.807) is 24.3 Å². The summed E-state index contributed by atoms with van der Waals surface area (Å²) in [5, 5.41) is 5.60. The van der Waals surface area contributed by atoms with Crippen molar-refractivity contribution in [3.63, 3.8) is 0 Å². The largest absolute Gasteiger partial charge is 0.451 e. The van der Waals surface area contributed by atoms with E-state index in [4.69, 9.17) is 4.74 Å². The van der Waals surface area contributed by atoms with Gasteiger partial charge >= 0.3 is 5.97 Å². The summed E-state index contributed by atoms with van der Waals surface area (Å²) in [4.78, 5) is 44.0. The van der Waals surface area contributed by atoms with Gasteiger partial charge in [-0.3, -0.25) is 14.6 Å². The van der Waals surface area contributed by atoms with Gasteiger partial charge < -0.3 is 15.4 Å².